The van der Waals surface area contributed by atoms with Crippen molar-refractivity contribution in [3.8, 4) is 5.75 Å². The van der Waals surface area contributed by atoms with Gasteiger partial charge in [0.15, 0.2) is 6.61 Å². The second kappa shape index (κ2) is 9.94. The van der Waals surface area contributed by atoms with E-state index >= 15 is 0 Å². The second-order valence-electron chi connectivity index (χ2n) is 6.76. The first-order valence-corrected chi connectivity index (χ1v) is 10.8. The fourth-order valence-electron chi connectivity index (χ4n) is 2.83. The molecule has 3 aromatic carbocycles. The predicted octanol–water partition coefficient (Wildman–Crippen LogP) is 6.46. The summed E-state index contributed by atoms with van der Waals surface area (Å²) in [4.78, 5) is 12.1. The Hall–Kier alpha value is -2.31. The molecule has 0 fully saturated rings. The van der Waals surface area contributed by atoms with Crippen molar-refractivity contribution in [2.75, 3.05) is 17.2 Å². The van der Waals surface area contributed by atoms with E-state index < -0.39 is 0 Å². The molecule has 0 unspecified atom stereocenters. The van der Waals surface area contributed by atoms with Crippen LogP contribution in [0.3, 0.4) is 0 Å². The van der Waals surface area contributed by atoms with Crippen LogP contribution in [-0.2, 0) is 11.3 Å². The second-order valence-corrected chi connectivity index (χ2v) is 8.47. The van der Waals surface area contributed by atoms with Crippen molar-refractivity contribution in [2.45, 2.75) is 20.4 Å². The van der Waals surface area contributed by atoms with Gasteiger partial charge in [-0.25, -0.2) is 0 Å². The molecule has 6 heteroatoms. The molecule has 1 amide bonds. The maximum absolute atomic E-state index is 12.1. The number of halogens is 2. The van der Waals surface area contributed by atoms with Crippen LogP contribution < -0.4 is 15.4 Å². The monoisotopic (exact) mass is 516 g/mol. The SMILES string of the molecule is Cc1ccc(C)c(NCc2cc(Br)c(OCC(=O)Nc3ccccc3)c(Br)c2)c1. The van der Waals surface area contributed by atoms with Gasteiger partial charge in [0.25, 0.3) is 5.91 Å². The number of benzene rings is 3. The minimum absolute atomic E-state index is 0.0772. The smallest absolute Gasteiger partial charge is 0.262 e. The van der Waals surface area contributed by atoms with Gasteiger partial charge in [-0.3, -0.25) is 4.79 Å². The summed E-state index contributed by atoms with van der Waals surface area (Å²) in [5.41, 5.74) is 5.38. The molecule has 2 N–H and O–H groups in total. The third-order valence-corrected chi connectivity index (χ3v) is 5.52. The Morgan fingerprint density at radius 3 is 2.34 bits per heavy atom. The number of nitrogens with one attached hydrogen (secondary N) is 2. The van der Waals surface area contributed by atoms with Crippen molar-refractivity contribution in [1.82, 2.24) is 0 Å². The number of carbonyl (C=O) groups is 1. The van der Waals surface area contributed by atoms with Crippen LogP contribution in [0.15, 0.2) is 69.6 Å². The van der Waals surface area contributed by atoms with Crippen LogP contribution in [0.4, 0.5) is 11.4 Å². The largest absolute Gasteiger partial charge is 0.481 e. The van der Waals surface area contributed by atoms with Gasteiger partial charge in [-0.2, -0.15) is 0 Å². The van der Waals surface area contributed by atoms with Crippen LogP contribution in [0.1, 0.15) is 16.7 Å². The fourth-order valence-corrected chi connectivity index (χ4v) is 4.34. The van der Waals surface area contributed by atoms with Gasteiger partial charge in [0, 0.05) is 17.9 Å². The number of anilines is 2. The Kier molecular flexibility index (Phi) is 7.34. The van der Waals surface area contributed by atoms with E-state index in [0.29, 0.717) is 12.3 Å². The summed E-state index contributed by atoms with van der Waals surface area (Å²) in [6.07, 6.45) is 0. The van der Waals surface area contributed by atoms with E-state index in [2.05, 4.69) is 74.5 Å². The van der Waals surface area contributed by atoms with Crippen molar-refractivity contribution in [3.05, 3.63) is 86.3 Å². The molecule has 0 heterocycles. The molecule has 0 aliphatic rings. The number of rotatable bonds is 7. The van der Waals surface area contributed by atoms with E-state index in [1.165, 1.54) is 11.1 Å². The maximum atomic E-state index is 12.1. The van der Waals surface area contributed by atoms with Crippen LogP contribution in [0, 0.1) is 13.8 Å². The molecule has 4 nitrogen and oxygen atoms in total. The van der Waals surface area contributed by atoms with Crippen molar-refractivity contribution in [2.24, 2.45) is 0 Å². The van der Waals surface area contributed by atoms with E-state index in [1.54, 1.807) is 0 Å². The highest BCUT2D eigenvalue weighted by Gasteiger charge is 2.12. The zero-order valence-corrected chi connectivity index (χ0v) is 19.4. The summed E-state index contributed by atoms with van der Waals surface area (Å²) < 4.78 is 7.31. The zero-order valence-electron chi connectivity index (χ0n) is 16.3. The van der Waals surface area contributed by atoms with Crippen LogP contribution in [0.5, 0.6) is 5.75 Å². The molecule has 29 heavy (non-hydrogen) atoms. The molecule has 0 saturated carbocycles. The van der Waals surface area contributed by atoms with Gasteiger partial charge in [-0.15, -0.1) is 0 Å². The number of aryl methyl sites for hydroxylation is 2. The van der Waals surface area contributed by atoms with Gasteiger partial charge in [-0.05, 0) is 92.7 Å². The zero-order chi connectivity index (χ0) is 20.8. The van der Waals surface area contributed by atoms with Crippen LogP contribution in [0.2, 0.25) is 0 Å². The highest BCUT2D eigenvalue weighted by atomic mass is 79.9. The average Bonchev–Trinajstić information content (AvgIpc) is 2.69. The molecule has 0 aliphatic heterocycles. The Morgan fingerprint density at radius 1 is 0.966 bits per heavy atom. The molecule has 150 valence electrons. The van der Waals surface area contributed by atoms with Crippen molar-refractivity contribution in [3.63, 3.8) is 0 Å². The lowest BCUT2D eigenvalue weighted by atomic mass is 10.1. The standard InChI is InChI=1S/C23H22Br2N2O2/c1-15-8-9-16(2)21(10-15)26-13-17-11-19(24)23(20(25)12-17)29-14-22(28)27-18-6-4-3-5-7-18/h3-12,26H,13-14H2,1-2H3,(H,27,28). The topological polar surface area (TPSA) is 50.4 Å². The summed E-state index contributed by atoms with van der Waals surface area (Å²) in [6, 6.07) is 19.7. The van der Waals surface area contributed by atoms with Gasteiger partial charge in [0.05, 0.1) is 8.95 Å². The molecular formula is C23H22Br2N2O2. The van der Waals surface area contributed by atoms with Crippen LogP contribution in [0.25, 0.3) is 0 Å². The normalized spacial score (nSPS) is 10.5. The van der Waals surface area contributed by atoms with E-state index in [4.69, 9.17) is 4.74 Å². The maximum Gasteiger partial charge on any atom is 0.262 e. The Balaban J connectivity index is 1.61. The number of carbonyl (C=O) groups excluding carboxylic acids is 1. The third kappa shape index (κ3) is 6.08. The Bertz CT molecular complexity index is 984. The van der Waals surface area contributed by atoms with E-state index in [9.17, 15) is 4.79 Å². The summed E-state index contributed by atoms with van der Waals surface area (Å²) in [5.74, 6) is 0.388. The van der Waals surface area contributed by atoms with Gasteiger partial charge >= 0.3 is 0 Å². The lowest BCUT2D eigenvalue weighted by Gasteiger charge is -2.14. The summed E-state index contributed by atoms with van der Waals surface area (Å²) in [5, 5.41) is 6.28. The Labute approximate surface area is 187 Å². The van der Waals surface area contributed by atoms with E-state index in [-0.39, 0.29) is 12.5 Å². The van der Waals surface area contributed by atoms with Crippen LogP contribution >= 0.6 is 31.9 Å². The number of hydrogen-bond donors (Lipinski definition) is 2. The van der Waals surface area contributed by atoms with Crippen LogP contribution in [-0.4, -0.2) is 12.5 Å². The first-order chi connectivity index (χ1) is 13.9. The predicted molar refractivity (Wildman–Crippen MR) is 126 cm³/mol. The average molecular weight is 518 g/mol. The lowest BCUT2D eigenvalue weighted by molar-refractivity contribution is -0.118. The highest BCUT2D eigenvalue weighted by molar-refractivity contribution is 9.11. The highest BCUT2D eigenvalue weighted by Crippen LogP contribution is 2.35. The molecule has 0 saturated heterocycles. The molecule has 0 atom stereocenters. The first-order valence-electron chi connectivity index (χ1n) is 9.19. The number of amides is 1. The number of hydrogen-bond acceptors (Lipinski definition) is 3. The molecule has 3 rings (SSSR count). The molecule has 0 spiro atoms. The first kappa shape index (κ1) is 21.4. The summed E-state index contributed by atoms with van der Waals surface area (Å²) in [6.45, 7) is 4.77. The fraction of sp³-hybridized carbons (Fsp3) is 0.174. The van der Waals surface area contributed by atoms with Crippen molar-refractivity contribution in [1.29, 1.82) is 0 Å². The minimum atomic E-state index is -0.212. The lowest BCUT2D eigenvalue weighted by Crippen LogP contribution is -2.20. The van der Waals surface area contributed by atoms with Gasteiger partial charge in [-0.1, -0.05) is 30.3 Å². The minimum Gasteiger partial charge on any atom is -0.481 e. The number of para-hydroxylation sites is 1. The quantitative estimate of drug-likeness (QED) is 0.378. The molecule has 3 aromatic rings. The Morgan fingerprint density at radius 2 is 1.66 bits per heavy atom. The van der Waals surface area contributed by atoms with E-state index in [1.807, 2.05) is 42.5 Å². The molecular weight excluding hydrogens is 496 g/mol. The summed E-state index contributed by atoms with van der Waals surface area (Å²) in [7, 11) is 0. The molecule has 0 aliphatic carbocycles. The van der Waals surface area contributed by atoms with Gasteiger partial charge in [0.2, 0.25) is 0 Å². The molecule has 0 bridgehead atoms. The van der Waals surface area contributed by atoms with E-state index in [0.717, 1.165) is 25.9 Å². The number of ether oxygens (including phenoxy) is 1. The summed E-state index contributed by atoms with van der Waals surface area (Å²) >= 11 is 7.11. The van der Waals surface area contributed by atoms with Gasteiger partial charge < -0.3 is 15.4 Å². The molecule has 0 radical (unpaired) electrons. The molecule has 0 aromatic heterocycles. The van der Waals surface area contributed by atoms with Crippen molar-refractivity contribution >= 4 is 49.1 Å². The van der Waals surface area contributed by atoms with Gasteiger partial charge in [0.1, 0.15) is 5.75 Å². The van der Waals surface area contributed by atoms with Crippen molar-refractivity contribution < 1.29 is 9.53 Å². The third-order valence-electron chi connectivity index (χ3n) is 4.34.